The van der Waals surface area contributed by atoms with Gasteiger partial charge in [0.05, 0.1) is 27.7 Å². The zero-order valence-corrected chi connectivity index (χ0v) is 34.3. The minimum atomic E-state index is -5.18. The fraction of sp³-hybridized carbons (Fsp3) is 0.368. The molecule has 0 saturated carbocycles. The predicted octanol–water partition coefficient (Wildman–Crippen LogP) is 7.65. The number of hydrogen-bond acceptors (Lipinski definition) is 7. The van der Waals surface area contributed by atoms with Crippen LogP contribution in [0.3, 0.4) is 0 Å². The molecule has 2 unspecified atom stereocenters. The molecule has 338 valence electrons. The summed E-state index contributed by atoms with van der Waals surface area (Å²) in [7, 11) is -2.43. The van der Waals surface area contributed by atoms with Crippen molar-refractivity contribution in [1.29, 1.82) is 0 Å². The van der Waals surface area contributed by atoms with Gasteiger partial charge in [-0.1, -0.05) is 37.6 Å². The standard InChI is InChI=1S/C38H33ClF10N8O5S/c1-4-21-5-6-22(23-7-8-25(39)29-31(23)56(16-36(42,43)44)54-34(29)57(63(3)62)35(61)50-14-28(59)60)30(51-21)26(12-18-10-19(40)13-20(41)11-18)52-27(58)15-55-33-24(9-17(2)37(33,45)46)32(53-55)38(47,48)49/h5-8,10-11,13,17,26H,4,9,12,14-16H2,1-3H3,(H,50,61)(H,52,58)(H,59,60)/t17-,26?,63?/m1/s1. The van der Waals surface area contributed by atoms with E-state index in [4.69, 9.17) is 16.7 Å². The van der Waals surface area contributed by atoms with Crippen LogP contribution in [0.15, 0.2) is 42.5 Å². The molecule has 0 radical (unpaired) electrons. The summed E-state index contributed by atoms with van der Waals surface area (Å²) in [6.45, 7) is -1.40. The molecule has 0 spiro atoms. The molecular weight excluding hydrogens is 906 g/mol. The van der Waals surface area contributed by atoms with E-state index in [9.17, 15) is 53.7 Å². The number of anilines is 1. The fourth-order valence-electron chi connectivity index (χ4n) is 7.30. The number of hydrogen-bond donors (Lipinski definition) is 3. The van der Waals surface area contributed by atoms with Crippen LogP contribution in [-0.4, -0.2) is 70.7 Å². The second kappa shape index (κ2) is 17.4. The van der Waals surface area contributed by atoms with Gasteiger partial charge in [0, 0.05) is 40.6 Å². The Bertz CT molecular complexity index is 2630. The van der Waals surface area contributed by atoms with Gasteiger partial charge in [0.2, 0.25) is 5.91 Å². The molecule has 6 rings (SSSR count). The minimum Gasteiger partial charge on any atom is -0.480 e. The number of benzene rings is 2. The van der Waals surface area contributed by atoms with Crippen molar-refractivity contribution >= 4 is 57.2 Å². The number of carbonyl (C=O) groups excluding carboxylic acids is 2. The van der Waals surface area contributed by atoms with E-state index in [1.165, 1.54) is 24.3 Å². The van der Waals surface area contributed by atoms with Gasteiger partial charge in [-0.3, -0.25) is 23.9 Å². The van der Waals surface area contributed by atoms with Gasteiger partial charge in [-0.15, -0.1) is 0 Å². The number of aliphatic carboxylic acids is 1. The summed E-state index contributed by atoms with van der Waals surface area (Å²) >= 11 is 6.56. The number of pyridine rings is 1. The summed E-state index contributed by atoms with van der Waals surface area (Å²) in [6.07, 6.45) is -10.3. The van der Waals surface area contributed by atoms with Gasteiger partial charge >= 0.3 is 24.4 Å². The van der Waals surface area contributed by atoms with Crippen molar-refractivity contribution in [3.05, 3.63) is 93.0 Å². The number of carboxylic acid groups (broad SMARTS) is 1. The van der Waals surface area contributed by atoms with Crippen molar-refractivity contribution in [2.75, 3.05) is 17.1 Å². The van der Waals surface area contributed by atoms with Crippen LogP contribution in [0.2, 0.25) is 5.02 Å². The highest BCUT2D eigenvalue weighted by Gasteiger charge is 2.54. The van der Waals surface area contributed by atoms with E-state index in [1.54, 1.807) is 6.92 Å². The molecule has 0 bridgehead atoms. The number of aromatic nitrogens is 5. The van der Waals surface area contributed by atoms with Gasteiger partial charge in [0.1, 0.15) is 47.9 Å². The van der Waals surface area contributed by atoms with Gasteiger partial charge in [-0.05, 0) is 49.1 Å². The summed E-state index contributed by atoms with van der Waals surface area (Å²) < 4.78 is 159. The van der Waals surface area contributed by atoms with E-state index < -0.39 is 137 Å². The van der Waals surface area contributed by atoms with Crippen molar-refractivity contribution < 1.29 is 67.6 Å². The Kier molecular flexibility index (Phi) is 12.9. The first-order valence-corrected chi connectivity index (χ1v) is 20.4. The lowest BCUT2D eigenvalue weighted by atomic mass is 9.93. The Morgan fingerprint density at radius 2 is 1.67 bits per heavy atom. The highest BCUT2D eigenvalue weighted by Crippen LogP contribution is 2.50. The predicted molar refractivity (Wildman–Crippen MR) is 206 cm³/mol. The average Bonchev–Trinajstić information content (AvgIpc) is 3.78. The Balaban J connectivity index is 1.56. The first-order chi connectivity index (χ1) is 29.3. The smallest absolute Gasteiger partial charge is 0.435 e. The number of carboxylic acids is 1. The van der Waals surface area contributed by atoms with E-state index in [1.807, 2.05) is 5.32 Å². The largest absolute Gasteiger partial charge is 0.480 e. The average molecular weight is 939 g/mol. The molecule has 3 atom stereocenters. The highest BCUT2D eigenvalue weighted by atomic mass is 35.5. The molecule has 3 heterocycles. The topological polar surface area (TPSA) is 164 Å². The van der Waals surface area contributed by atoms with E-state index in [-0.39, 0.29) is 44.2 Å². The van der Waals surface area contributed by atoms with Crippen LogP contribution in [-0.2, 0) is 65.0 Å². The number of nitrogens with one attached hydrogen (secondary N) is 2. The summed E-state index contributed by atoms with van der Waals surface area (Å²) in [5.41, 5.74) is -4.38. The lowest BCUT2D eigenvalue weighted by Crippen LogP contribution is -2.43. The van der Waals surface area contributed by atoms with E-state index in [0.717, 1.165) is 25.3 Å². The number of fused-ring (bicyclic) bond motifs is 2. The summed E-state index contributed by atoms with van der Waals surface area (Å²) in [5.74, 6) is -11.0. The Labute approximate surface area is 357 Å². The summed E-state index contributed by atoms with van der Waals surface area (Å²) in [4.78, 5) is 42.9. The van der Waals surface area contributed by atoms with E-state index in [0.29, 0.717) is 15.1 Å². The molecule has 0 saturated heterocycles. The van der Waals surface area contributed by atoms with Crippen LogP contribution >= 0.6 is 11.6 Å². The molecule has 0 fully saturated rings. The molecule has 0 aliphatic heterocycles. The third-order valence-electron chi connectivity index (χ3n) is 9.90. The van der Waals surface area contributed by atoms with Crippen molar-refractivity contribution in [3.63, 3.8) is 0 Å². The van der Waals surface area contributed by atoms with E-state index >= 15 is 8.78 Å². The van der Waals surface area contributed by atoms with Crippen LogP contribution in [0.5, 0.6) is 0 Å². The van der Waals surface area contributed by atoms with Gasteiger partial charge in [-0.25, -0.2) is 17.8 Å². The molecule has 5 aromatic rings. The second-order valence-corrected chi connectivity index (χ2v) is 16.1. The molecule has 25 heteroatoms. The van der Waals surface area contributed by atoms with E-state index in [2.05, 4.69) is 20.5 Å². The highest BCUT2D eigenvalue weighted by molar-refractivity contribution is 7.86. The number of nitrogens with zero attached hydrogens (tertiary/aromatic N) is 6. The zero-order valence-electron chi connectivity index (χ0n) is 32.8. The lowest BCUT2D eigenvalue weighted by molar-refractivity contribution is -0.143. The second-order valence-electron chi connectivity index (χ2n) is 14.4. The summed E-state index contributed by atoms with van der Waals surface area (Å²) in [5, 5.41) is 20.1. The number of urea groups is 1. The SMILES string of the molecule is CCc1ccc(-c2ccc(Cl)c3c(N(C(=O)NCC(=O)O)S(C)=O)nn(CC(F)(F)F)c23)c(C(Cc2cc(F)cc(F)c2)NC(=O)Cn2nc(C(F)(F)F)c3c2C(F)(F)[C@H](C)C3)n1. The van der Waals surface area contributed by atoms with Crippen molar-refractivity contribution in [3.8, 4) is 11.1 Å². The lowest BCUT2D eigenvalue weighted by Gasteiger charge is -2.24. The van der Waals surface area contributed by atoms with Gasteiger partial charge < -0.3 is 15.7 Å². The van der Waals surface area contributed by atoms with Crippen molar-refractivity contribution in [2.45, 2.75) is 70.5 Å². The molecule has 3 N–H and O–H groups in total. The van der Waals surface area contributed by atoms with Crippen LogP contribution in [0, 0.1) is 17.6 Å². The third kappa shape index (κ3) is 9.75. The first kappa shape index (κ1) is 46.7. The number of halogens is 11. The van der Waals surface area contributed by atoms with Crippen molar-refractivity contribution in [2.24, 2.45) is 5.92 Å². The maximum absolute atomic E-state index is 15.4. The zero-order chi connectivity index (χ0) is 46.5. The monoisotopic (exact) mass is 938 g/mol. The molecule has 1 aliphatic rings. The van der Waals surface area contributed by atoms with Crippen LogP contribution in [0.25, 0.3) is 22.0 Å². The Hall–Kier alpha value is -5.78. The summed E-state index contributed by atoms with van der Waals surface area (Å²) in [6, 6.07) is 4.54. The van der Waals surface area contributed by atoms with Gasteiger partial charge in [0.15, 0.2) is 11.5 Å². The first-order valence-electron chi connectivity index (χ1n) is 18.5. The minimum absolute atomic E-state index is 0.106. The number of amides is 3. The van der Waals surface area contributed by atoms with Crippen molar-refractivity contribution in [1.82, 2.24) is 35.2 Å². The van der Waals surface area contributed by atoms with Crippen LogP contribution < -0.4 is 14.9 Å². The molecule has 13 nitrogen and oxygen atoms in total. The molecule has 1 aliphatic carbocycles. The Morgan fingerprint density at radius 3 is 2.25 bits per heavy atom. The maximum Gasteiger partial charge on any atom is 0.435 e. The molecule has 63 heavy (non-hydrogen) atoms. The maximum atomic E-state index is 15.4. The number of aryl methyl sites for hydroxylation is 1. The van der Waals surface area contributed by atoms with Crippen LogP contribution in [0.4, 0.5) is 54.5 Å². The molecule has 3 amide bonds. The van der Waals surface area contributed by atoms with Crippen LogP contribution in [0.1, 0.15) is 53.8 Å². The molecular formula is C38H33ClF10N8O5S. The van der Waals surface area contributed by atoms with Gasteiger partial charge in [0.25, 0.3) is 5.92 Å². The Morgan fingerprint density at radius 1 is 1.02 bits per heavy atom. The number of carbonyl (C=O) groups is 3. The molecule has 3 aromatic heterocycles. The fourth-order valence-corrected chi connectivity index (χ4v) is 8.21. The normalized spacial score (nSPS) is 15.9. The third-order valence-corrected chi connectivity index (χ3v) is 11.1. The number of rotatable bonds is 13. The van der Waals surface area contributed by atoms with Gasteiger partial charge in [-0.2, -0.15) is 49.6 Å². The molecule has 2 aromatic carbocycles. The quantitative estimate of drug-likeness (QED) is 0.101. The number of alkyl halides is 8.